The molecule has 0 fully saturated rings. The van der Waals surface area contributed by atoms with Crippen molar-refractivity contribution in [2.75, 3.05) is 11.9 Å². The summed E-state index contributed by atoms with van der Waals surface area (Å²) < 4.78 is 18.2. The van der Waals surface area contributed by atoms with Crippen LogP contribution in [0.5, 0.6) is 5.75 Å². The molecule has 26 heavy (non-hydrogen) atoms. The maximum Gasteiger partial charge on any atom is 0.262 e. The Kier molecular flexibility index (Phi) is 6.84. The number of ether oxygens (including phenoxy) is 1. The highest BCUT2D eigenvalue weighted by Crippen LogP contribution is 2.12. The average molecular weight is 357 g/mol. The Morgan fingerprint density at radius 2 is 1.77 bits per heavy atom. The lowest BCUT2D eigenvalue weighted by atomic mass is 10.2. The molecule has 0 bridgehead atoms. The monoisotopic (exact) mass is 357 g/mol. The minimum absolute atomic E-state index is 0.135. The van der Waals surface area contributed by atoms with E-state index >= 15 is 0 Å². The van der Waals surface area contributed by atoms with E-state index < -0.39 is 0 Å². The van der Waals surface area contributed by atoms with Gasteiger partial charge in [-0.1, -0.05) is 13.8 Å². The van der Waals surface area contributed by atoms with Crippen LogP contribution in [-0.4, -0.2) is 24.6 Å². The van der Waals surface area contributed by atoms with Gasteiger partial charge in [-0.15, -0.1) is 0 Å². The van der Waals surface area contributed by atoms with Gasteiger partial charge in [-0.05, 0) is 54.1 Å². The normalized spacial score (nSPS) is 10.8. The quantitative estimate of drug-likeness (QED) is 0.591. The molecular weight excluding hydrogens is 337 g/mol. The zero-order chi connectivity index (χ0) is 18.9. The molecule has 0 atom stereocenters. The van der Waals surface area contributed by atoms with Gasteiger partial charge in [0.05, 0.1) is 6.21 Å². The Labute approximate surface area is 151 Å². The third kappa shape index (κ3) is 6.35. The molecule has 2 amide bonds. The van der Waals surface area contributed by atoms with Gasteiger partial charge in [0.25, 0.3) is 5.91 Å². The summed E-state index contributed by atoms with van der Waals surface area (Å²) in [6.07, 6.45) is 1.52. The molecule has 2 N–H and O–H groups in total. The summed E-state index contributed by atoms with van der Waals surface area (Å²) in [6.45, 7) is 3.39. The van der Waals surface area contributed by atoms with Crippen molar-refractivity contribution < 1.29 is 18.7 Å². The van der Waals surface area contributed by atoms with Crippen LogP contribution in [0, 0.1) is 11.7 Å². The van der Waals surface area contributed by atoms with E-state index in [4.69, 9.17) is 4.74 Å². The number of hydrogen-bond acceptors (Lipinski definition) is 4. The topological polar surface area (TPSA) is 79.8 Å². The molecule has 0 unspecified atom stereocenters. The maximum absolute atomic E-state index is 12.8. The molecule has 2 aromatic carbocycles. The second-order valence-electron chi connectivity index (χ2n) is 5.80. The van der Waals surface area contributed by atoms with Crippen LogP contribution >= 0.6 is 0 Å². The summed E-state index contributed by atoms with van der Waals surface area (Å²) in [5.41, 5.74) is 3.71. The molecule has 6 nitrogen and oxygen atoms in total. The maximum atomic E-state index is 12.8. The first-order valence-corrected chi connectivity index (χ1v) is 8.05. The van der Waals surface area contributed by atoms with Gasteiger partial charge >= 0.3 is 0 Å². The van der Waals surface area contributed by atoms with Crippen molar-refractivity contribution in [1.82, 2.24) is 5.43 Å². The minimum atomic E-state index is -0.369. The summed E-state index contributed by atoms with van der Waals surface area (Å²) >= 11 is 0. The Bertz CT molecular complexity index is 772. The number of halogens is 1. The largest absolute Gasteiger partial charge is 0.484 e. The fourth-order valence-corrected chi connectivity index (χ4v) is 1.83. The highest BCUT2D eigenvalue weighted by molar-refractivity contribution is 5.91. The molecule has 0 saturated heterocycles. The van der Waals surface area contributed by atoms with Crippen molar-refractivity contribution in [2.24, 2.45) is 11.0 Å². The zero-order valence-electron chi connectivity index (χ0n) is 14.5. The van der Waals surface area contributed by atoms with Gasteiger partial charge in [0.15, 0.2) is 6.61 Å². The summed E-state index contributed by atoms with van der Waals surface area (Å²) in [7, 11) is 0. The molecule has 0 saturated carbocycles. The van der Waals surface area contributed by atoms with E-state index in [0.717, 1.165) is 5.56 Å². The van der Waals surface area contributed by atoms with Gasteiger partial charge in [-0.3, -0.25) is 9.59 Å². The number of rotatable bonds is 7. The number of anilines is 1. The van der Waals surface area contributed by atoms with E-state index in [1.54, 1.807) is 38.1 Å². The molecule has 0 aromatic heterocycles. The van der Waals surface area contributed by atoms with E-state index in [-0.39, 0.29) is 30.2 Å². The van der Waals surface area contributed by atoms with E-state index in [0.29, 0.717) is 11.4 Å². The fourth-order valence-electron chi connectivity index (χ4n) is 1.83. The Balaban J connectivity index is 1.79. The second-order valence-corrected chi connectivity index (χ2v) is 5.80. The van der Waals surface area contributed by atoms with Crippen LogP contribution < -0.4 is 15.5 Å². The van der Waals surface area contributed by atoms with E-state index in [1.807, 2.05) is 0 Å². The number of hydrazone groups is 1. The standard InChI is InChI=1S/C19H20FN3O3/c1-13(2)19(25)23-21-11-14-3-9-17(10-4-14)26-12-18(24)22-16-7-5-15(20)6-8-16/h3-11,13H,12H2,1-2H3,(H,22,24)(H,23,25)/b21-11+. The first-order chi connectivity index (χ1) is 12.4. The van der Waals surface area contributed by atoms with Gasteiger partial charge in [-0.2, -0.15) is 5.10 Å². The smallest absolute Gasteiger partial charge is 0.262 e. The minimum Gasteiger partial charge on any atom is -0.484 e. The number of carbonyl (C=O) groups excluding carboxylic acids is 2. The van der Waals surface area contributed by atoms with Gasteiger partial charge in [0.2, 0.25) is 5.91 Å². The molecule has 136 valence electrons. The number of amides is 2. The lowest BCUT2D eigenvalue weighted by Gasteiger charge is -2.07. The predicted molar refractivity (Wildman–Crippen MR) is 97.5 cm³/mol. The van der Waals surface area contributed by atoms with Crippen molar-refractivity contribution >= 4 is 23.7 Å². The molecular formula is C19H20FN3O3. The molecule has 0 aliphatic heterocycles. The molecule has 7 heteroatoms. The number of nitrogens with one attached hydrogen (secondary N) is 2. The number of carbonyl (C=O) groups is 2. The second kappa shape index (κ2) is 9.31. The molecule has 0 aliphatic rings. The van der Waals surface area contributed by atoms with Gasteiger partial charge in [0, 0.05) is 11.6 Å². The van der Waals surface area contributed by atoms with Crippen molar-refractivity contribution in [2.45, 2.75) is 13.8 Å². The van der Waals surface area contributed by atoms with Crippen LogP contribution in [0.2, 0.25) is 0 Å². The highest BCUT2D eigenvalue weighted by Gasteiger charge is 2.05. The zero-order valence-corrected chi connectivity index (χ0v) is 14.5. The van der Waals surface area contributed by atoms with E-state index in [9.17, 15) is 14.0 Å². The summed E-state index contributed by atoms with van der Waals surface area (Å²) in [5, 5.41) is 6.47. The molecule has 2 rings (SSSR count). The van der Waals surface area contributed by atoms with Crippen LogP contribution in [0.15, 0.2) is 53.6 Å². The van der Waals surface area contributed by atoms with Crippen LogP contribution in [0.25, 0.3) is 0 Å². The van der Waals surface area contributed by atoms with Crippen molar-refractivity contribution in [3.8, 4) is 5.75 Å². The van der Waals surface area contributed by atoms with Crippen LogP contribution in [0.1, 0.15) is 19.4 Å². The van der Waals surface area contributed by atoms with Crippen molar-refractivity contribution in [3.63, 3.8) is 0 Å². The third-order valence-corrected chi connectivity index (χ3v) is 3.29. The average Bonchev–Trinajstić information content (AvgIpc) is 2.63. The van der Waals surface area contributed by atoms with Gasteiger partial charge in [0.1, 0.15) is 11.6 Å². The predicted octanol–water partition coefficient (Wildman–Crippen LogP) is 2.95. The lowest BCUT2D eigenvalue weighted by Crippen LogP contribution is -2.22. The van der Waals surface area contributed by atoms with Crippen molar-refractivity contribution in [1.29, 1.82) is 0 Å². The van der Waals surface area contributed by atoms with E-state index in [1.165, 1.54) is 30.5 Å². The Hall–Kier alpha value is -3.22. The molecule has 0 heterocycles. The summed E-state index contributed by atoms with van der Waals surface area (Å²) in [6, 6.07) is 12.4. The molecule has 0 spiro atoms. The third-order valence-electron chi connectivity index (χ3n) is 3.29. The molecule has 0 aliphatic carbocycles. The summed E-state index contributed by atoms with van der Waals surface area (Å²) in [5.74, 6) is -0.495. The number of benzene rings is 2. The summed E-state index contributed by atoms with van der Waals surface area (Å²) in [4.78, 5) is 23.2. The molecule has 2 aromatic rings. The fraction of sp³-hybridized carbons (Fsp3) is 0.211. The van der Waals surface area contributed by atoms with Crippen LogP contribution in [-0.2, 0) is 9.59 Å². The molecule has 0 radical (unpaired) electrons. The van der Waals surface area contributed by atoms with E-state index in [2.05, 4.69) is 15.8 Å². The van der Waals surface area contributed by atoms with Crippen LogP contribution in [0.4, 0.5) is 10.1 Å². The number of hydrogen-bond donors (Lipinski definition) is 2. The lowest BCUT2D eigenvalue weighted by molar-refractivity contribution is -0.124. The Morgan fingerprint density at radius 3 is 2.38 bits per heavy atom. The number of nitrogens with zero attached hydrogens (tertiary/aromatic N) is 1. The van der Waals surface area contributed by atoms with Crippen LogP contribution in [0.3, 0.4) is 0 Å². The first kappa shape index (κ1) is 19.1. The Morgan fingerprint density at radius 1 is 1.12 bits per heavy atom. The van der Waals surface area contributed by atoms with Gasteiger partial charge in [-0.25, -0.2) is 9.82 Å². The van der Waals surface area contributed by atoms with Gasteiger partial charge < -0.3 is 10.1 Å². The van der Waals surface area contributed by atoms with Crippen molar-refractivity contribution in [3.05, 3.63) is 59.9 Å². The first-order valence-electron chi connectivity index (χ1n) is 8.05. The SMILES string of the molecule is CC(C)C(=O)N/N=C/c1ccc(OCC(=O)Nc2ccc(F)cc2)cc1. The highest BCUT2D eigenvalue weighted by atomic mass is 19.1.